The van der Waals surface area contributed by atoms with E-state index in [0.717, 1.165) is 17.1 Å². The highest BCUT2D eigenvalue weighted by molar-refractivity contribution is 6.34. The number of benzene rings is 2. The summed E-state index contributed by atoms with van der Waals surface area (Å²) in [5, 5.41) is 19.6. The zero-order chi connectivity index (χ0) is 26.2. The minimum Gasteiger partial charge on any atom is -0.493 e. The highest BCUT2D eigenvalue weighted by Gasteiger charge is 2.22. The van der Waals surface area contributed by atoms with Crippen LogP contribution in [0.15, 0.2) is 79.1 Å². The molecule has 4 rings (SSSR count). The lowest BCUT2D eigenvalue weighted by atomic mass is 10.0. The van der Waals surface area contributed by atoms with E-state index >= 15 is 0 Å². The molecule has 0 unspecified atom stereocenters. The summed E-state index contributed by atoms with van der Waals surface area (Å²) < 4.78 is 7.41. The van der Waals surface area contributed by atoms with Crippen LogP contribution in [0.4, 0.5) is 5.82 Å². The molecule has 0 saturated heterocycles. The highest BCUT2D eigenvalue weighted by atomic mass is 35.5. The van der Waals surface area contributed by atoms with Crippen LogP contribution in [0.5, 0.6) is 5.75 Å². The van der Waals surface area contributed by atoms with E-state index in [4.69, 9.17) is 16.3 Å². The van der Waals surface area contributed by atoms with E-state index in [0.29, 0.717) is 24.5 Å². The number of rotatable bonds is 11. The molecule has 0 aliphatic heterocycles. The molecule has 2 aromatic heterocycles. The first-order valence-electron chi connectivity index (χ1n) is 11.6. The zero-order valence-corrected chi connectivity index (χ0v) is 20.9. The van der Waals surface area contributed by atoms with Crippen molar-refractivity contribution in [2.24, 2.45) is 0 Å². The Bertz CT molecular complexity index is 1360. The first kappa shape index (κ1) is 25.7. The van der Waals surface area contributed by atoms with Crippen molar-refractivity contribution >= 4 is 29.3 Å². The number of hydrogen-bond acceptors (Lipinski definition) is 6. The highest BCUT2D eigenvalue weighted by Crippen LogP contribution is 2.21. The van der Waals surface area contributed by atoms with Gasteiger partial charge in [0, 0.05) is 38.0 Å². The number of aromatic nitrogens is 3. The van der Waals surface area contributed by atoms with Crippen LogP contribution in [-0.4, -0.2) is 51.4 Å². The second-order valence-electron chi connectivity index (χ2n) is 8.19. The maximum Gasteiger partial charge on any atom is 0.326 e. The van der Waals surface area contributed by atoms with Crippen molar-refractivity contribution in [3.05, 3.63) is 101 Å². The first-order valence-corrected chi connectivity index (χ1v) is 12.0. The van der Waals surface area contributed by atoms with Gasteiger partial charge in [-0.25, -0.2) is 14.5 Å². The van der Waals surface area contributed by atoms with Gasteiger partial charge in [0.25, 0.3) is 5.91 Å². The van der Waals surface area contributed by atoms with Gasteiger partial charge in [-0.1, -0.05) is 29.8 Å². The largest absolute Gasteiger partial charge is 0.493 e. The molecule has 4 aromatic rings. The molecule has 1 atom stereocenters. The number of ether oxygens (including phenoxy) is 1. The third kappa shape index (κ3) is 6.86. The summed E-state index contributed by atoms with van der Waals surface area (Å²) in [6, 6.07) is 18.4. The standard InChI is InChI=1S/C27H26ClN5O4/c1-29-25-5-2-4-19(31-25)12-15-37-21-9-6-18(7-10-21)16-24(27(35)36)32-26(34)22-11-8-20(17-23(22)28)33-14-3-13-30-33/h2-11,13-14,17,24H,12,15-16H2,1H3,(H,29,31)(H,32,34)(H,35,36)/t24-/m0/s1. The maximum atomic E-state index is 12.8. The van der Waals surface area contributed by atoms with Crippen molar-refractivity contribution in [1.82, 2.24) is 20.1 Å². The van der Waals surface area contributed by atoms with Crippen molar-refractivity contribution in [2.45, 2.75) is 18.9 Å². The molecule has 0 bridgehead atoms. The van der Waals surface area contributed by atoms with Crippen molar-refractivity contribution in [3.8, 4) is 11.4 Å². The predicted octanol–water partition coefficient (Wildman–Crippen LogP) is 4.01. The molecular formula is C27H26ClN5O4. The first-order chi connectivity index (χ1) is 17.9. The Morgan fingerprint density at radius 3 is 2.59 bits per heavy atom. The van der Waals surface area contributed by atoms with Crippen LogP contribution in [0.1, 0.15) is 21.6 Å². The molecule has 1 amide bonds. The van der Waals surface area contributed by atoms with Gasteiger partial charge in [-0.3, -0.25) is 4.79 Å². The van der Waals surface area contributed by atoms with Gasteiger partial charge in [-0.15, -0.1) is 0 Å². The van der Waals surface area contributed by atoms with E-state index in [1.165, 1.54) is 0 Å². The Kier molecular flexibility index (Phi) is 8.37. The molecular weight excluding hydrogens is 494 g/mol. The van der Waals surface area contributed by atoms with E-state index in [2.05, 4.69) is 20.7 Å². The Morgan fingerprint density at radius 2 is 1.92 bits per heavy atom. The van der Waals surface area contributed by atoms with Crippen LogP contribution in [0.2, 0.25) is 5.02 Å². The number of carbonyl (C=O) groups is 2. The van der Waals surface area contributed by atoms with Gasteiger partial charge >= 0.3 is 5.97 Å². The minimum absolute atomic E-state index is 0.102. The lowest BCUT2D eigenvalue weighted by Crippen LogP contribution is -2.42. The van der Waals surface area contributed by atoms with E-state index in [-0.39, 0.29) is 17.0 Å². The molecule has 3 N–H and O–H groups in total. The summed E-state index contributed by atoms with van der Waals surface area (Å²) in [6.07, 6.45) is 4.13. The van der Waals surface area contributed by atoms with E-state index in [1.807, 2.05) is 25.2 Å². The summed E-state index contributed by atoms with van der Waals surface area (Å²) in [5.74, 6) is -0.251. The van der Waals surface area contributed by atoms with Gasteiger partial charge in [0.2, 0.25) is 0 Å². The number of carboxylic acids is 1. The van der Waals surface area contributed by atoms with Gasteiger partial charge in [-0.05, 0) is 54.1 Å². The molecule has 190 valence electrons. The average molecular weight is 520 g/mol. The molecule has 0 saturated carbocycles. The summed E-state index contributed by atoms with van der Waals surface area (Å²) in [7, 11) is 1.82. The van der Waals surface area contributed by atoms with Crippen molar-refractivity contribution in [2.75, 3.05) is 19.0 Å². The van der Waals surface area contributed by atoms with Crippen molar-refractivity contribution in [3.63, 3.8) is 0 Å². The predicted molar refractivity (Wildman–Crippen MR) is 141 cm³/mol. The Labute approximate surface area is 219 Å². The number of amides is 1. The maximum absolute atomic E-state index is 12.8. The quantitative estimate of drug-likeness (QED) is 0.274. The van der Waals surface area contributed by atoms with E-state index < -0.39 is 17.9 Å². The normalized spacial score (nSPS) is 11.5. The number of aliphatic carboxylic acids is 1. The van der Waals surface area contributed by atoms with Crippen LogP contribution >= 0.6 is 11.6 Å². The molecule has 10 heteroatoms. The van der Waals surface area contributed by atoms with Gasteiger partial charge < -0.3 is 20.5 Å². The number of nitrogens with zero attached hydrogens (tertiary/aromatic N) is 3. The number of nitrogens with one attached hydrogen (secondary N) is 2. The molecule has 2 heterocycles. The van der Waals surface area contributed by atoms with Gasteiger partial charge in [0.15, 0.2) is 0 Å². The topological polar surface area (TPSA) is 118 Å². The van der Waals surface area contributed by atoms with Crippen molar-refractivity contribution < 1.29 is 19.4 Å². The second-order valence-corrected chi connectivity index (χ2v) is 8.60. The number of pyridine rings is 1. The average Bonchev–Trinajstić information content (AvgIpc) is 3.44. The van der Waals surface area contributed by atoms with Gasteiger partial charge in [0.1, 0.15) is 17.6 Å². The summed E-state index contributed by atoms with van der Waals surface area (Å²) in [6.45, 7) is 0.452. The molecule has 0 aliphatic carbocycles. The lowest BCUT2D eigenvalue weighted by molar-refractivity contribution is -0.139. The molecule has 0 aliphatic rings. The Morgan fingerprint density at radius 1 is 1.11 bits per heavy atom. The number of carboxylic acid groups (broad SMARTS) is 1. The summed E-state index contributed by atoms with van der Waals surface area (Å²) in [5.41, 5.74) is 2.52. The van der Waals surface area contributed by atoms with Crippen LogP contribution in [0.3, 0.4) is 0 Å². The fourth-order valence-electron chi connectivity index (χ4n) is 3.68. The molecule has 0 radical (unpaired) electrons. The monoisotopic (exact) mass is 519 g/mol. The Hall–Kier alpha value is -4.37. The third-order valence-electron chi connectivity index (χ3n) is 5.62. The van der Waals surface area contributed by atoms with Crippen molar-refractivity contribution in [1.29, 1.82) is 0 Å². The smallest absolute Gasteiger partial charge is 0.326 e. The molecule has 0 fully saturated rings. The van der Waals surface area contributed by atoms with Crippen LogP contribution < -0.4 is 15.4 Å². The van der Waals surface area contributed by atoms with E-state index in [1.54, 1.807) is 65.6 Å². The van der Waals surface area contributed by atoms with Crippen LogP contribution in [-0.2, 0) is 17.6 Å². The number of carbonyl (C=O) groups excluding carboxylic acids is 1. The van der Waals surface area contributed by atoms with Crippen LogP contribution in [0.25, 0.3) is 5.69 Å². The SMILES string of the molecule is CNc1cccc(CCOc2ccc(C[C@H](NC(=O)c3ccc(-n4cccn4)cc3Cl)C(=O)O)cc2)n1. The molecule has 2 aromatic carbocycles. The molecule has 9 nitrogen and oxygen atoms in total. The van der Waals surface area contributed by atoms with Gasteiger partial charge in [-0.2, -0.15) is 5.10 Å². The second kappa shape index (κ2) is 12.0. The molecule has 0 spiro atoms. The lowest BCUT2D eigenvalue weighted by Gasteiger charge is -2.16. The fourth-order valence-corrected chi connectivity index (χ4v) is 3.94. The minimum atomic E-state index is -1.14. The Balaban J connectivity index is 1.33. The summed E-state index contributed by atoms with van der Waals surface area (Å²) >= 11 is 6.31. The summed E-state index contributed by atoms with van der Waals surface area (Å²) in [4.78, 5) is 29.1. The van der Waals surface area contributed by atoms with Gasteiger partial charge in [0.05, 0.1) is 22.9 Å². The number of anilines is 1. The third-order valence-corrected chi connectivity index (χ3v) is 5.94. The molecule has 37 heavy (non-hydrogen) atoms. The van der Waals surface area contributed by atoms with E-state index in [9.17, 15) is 14.7 Å². The van der Waals surface area contributed by atoms with Crippen LogP contribution in [0, 0.1) is 0 Å². The zero-order valence-electron chi connectivity index (χ0n) is 20.1. The fraction of sp³-hybridized carbons (Fsp3) is 0.185. The number of hydrogen-bond donors (Lipinski definition) is 3. The number of halogens is 1.